The minimum Gasteiger partial charge on any atom is -0.296 e. The van der Waals surface area contributed by atoms with Crippen molar-refractivity contribution in [3.05, 3.63) is 60.7 Å². The first-order valence-corrected chi connectivity index (χ1v) is 5.72. The molecule has 2 rings (SSSR count). The van der Waals surface area contributed by atoms with Crippen molar-refractivity contribution >= 4 is 23.4 Å². The molecule has 90 valence electrons. The van der Waals surface area contributed by atoms with Gasteiger partial charge in [0.05, 0.1) is 17.1 Å². The quantitative estimate of drug-likeness (QED) is 0.464. The number of aldehydes is 1. The van der Waals surface area contributed by atoms with Crippen molar-refractivity contribution < 1.29 is 4.79 Å². The van der Waals surface area contributed by atoms with Gasteiger partial charge in [-0.25, -0.2) is 5.01 Å². The van der Waals surface area contributed by atoms with Crippen LogP contribution in [0.15, 0.2) is 65.8 Å². The molecular weight excluding hydrogens is 224 g/mol. The van der Waals surface area contributed by atoms with Gasteiger partial charge in [0.15, 0.2) is 6.29 Å². The average Bonchev–Trinajstić information content (AvgIpc) is 2.46. The van der Waals surface area contributed by atoms with Gasteiger partial charge in [0.25, 0.3) is 0 Å². The largest absolute Gasteiger partial charge is 0.296 e. The smallest absolute Gasteiger partial charge is 0.165 e. The number of hydrazone groups is 1. The fraction of sp³-hybridized carbons (Fsp3) is 0.0667. The Kier molecular flexibility index (Phi) is 3.86. The summed E-state index contributed by atoms with van der Waals surface area (Å²) in [6.45, 7) is 1.69. The summed E-state index contributed by atoms with van der Waals surface area (Å²) >= 11 is 0. The zero-order chi connectivity index (χ0) is 12.8. The van der Waals surface area contributed by atoms with Crippen LogP contribution in [0.2, 0.25) is 0 Å². The van der Waals surface area contributed by atoms with Crippen molar-refractivity contribution in [1.29, 1.82) is 0 Å². The van der Waals surface area contributed by atoms with Crippen molar-refractivity contribution in [2.45, 2.75) is 6.92 Å². The van der Waals surface area contributed by atoms with Gasteiger partial charge >= 0.3 is 0 Å². The fourth-order valence-corrected chi connectivity index (χ4v) is 1.58. The minimum atomic E-state index is 0.433. The molecule has 3 nitrogen and oxygen atoms in total. The van der Waals surface area contributed by atoms with Crippen LogP contribution in [-0.2, 0) is 4.79 Å². The van der Waals surface area contributed by atoms with Crippen LogP contribution in [0.4, 0.5) is 11.4 Å². The highest BCUT2D eigenvalue weighted by atomic mass is 16.1. The molecule has 0 amide bonds. The summed E-state index contributed by atoms with van der Waals surface area (Å²) in [6, 6.07) is 19.5. The first kappa shape index (κ1) is 12.0. The zero-order valence-electron chi connectivity index (χ0n) is 10.2. The maximum atomic E-state index is 10.7. The van der Waals surface area contributed by atoms with Crippen molar-refractivity contribution in [2.75, 3.05) is 5.01 Å². The van der Waals surface area contributed by atoms with E-state index in [1.54, 1.807) is 11.9 Å². The Morgan fingerprint density at radius 2 is 1.39 bits per heavy atom. The maximum absolute atomic E-state index is 10.7. The normalized spacial score (nSPS) is 11.1. The highest BCUT2D eigenvalue weighted by Gasteiger charge is 2.07. The van der Waals surface area contributed by atoms with E-state index in [2.05, 4.69) is 5.10 Å². The Labute approximate surface area is 106 Å². The third kappa shape index (κ3) is 2.83. The number of para-hydroxylation sites is 2. The molecule has 0 radical (unpaired) electrons. The van der Waals surface area contributed by atoms with E-state index in [1.807, 2.05) is 60.7 Å². The van der Waals surface area contributed by atoms with Gasteiger partial charge in [-0.05, 0) is 31.2 Å². The molecule has 0 fully saturated rings. The third-order valence-corrected chi connectivity index (χ3v) is 2.43. The molecule has 0 saturated heterocycles. The van der Waals surface area contributed by atoms with Crippen LogP contribution in [-0.4, -0.2) is 12.0 Å². The Morgan fingerprint density at radius 1 is 0.944 bits per heavy atom. The van der Waals surface area contributed by atoms with Crippen LogP contribution in [0.25, 0.3) is 0 Å². The van der Waals surface area contributed by atoms with Crippen LogP contribution in [0.1, 0.15) is 6.92 Å². The second kappa shape index (κ2) is 5.77. The predicted molar refractivity (Wildman–Crippen MR) is 74.2 cm³/mol. The summed E-state index contributed by atoms with van der Waals surface area (Å²) in [5.74, 6) is 0. The van der Waals surface area contributed by atoms with Crippen LogP contribution < -0.4 is 5.01 Å². The fourth-order valence-electron chi connectivity index (χ4n) is 1.58. The van der Waals surface area contributed by atoms with E-state index in [4.69, 9.17) is 0 Å². The molecule has 2 aromatic rings. The second-order valence-corrected chi connectivity index (χ2v) is 3.84. The predicted octanol–water partition coefficient (Wildman–Crippen LogP) is 3.40. The lowest BCUT2D eigenvalue weighted by Crippen LogP contribution is -2.12. The van der Waals surface area contributed by atoms with Crippen molar-refractivity contribution in [3.63, 3.8) is 0 Å². The highest BCUT2D eigenvalue weighted by Crippen LogP contribution is 2.25. The number of carbonyl (C=O) groups excluding carboxylic acids is 1. The Morgan fingerprint density at radius 3 is 1.78 bits per heavy atom. The lowest BCUT2D eigenvalue weighted by molar-refractivity contribution is -0.102. The van der Waals surface area contributed by atoms with Crippen LogP contribution in [0.5, 0.6) is 0 Å². The molecule has 3 heteroatoms. The molecule has 18 heavy (non-hydrogen) atoms. The molecule has 0 aliphatic carbocycles. The molecule has 0 saturated carbocycles. The minimum absolute atomic E-state index is 0.433. The van der Waals surface area contributed by atoms with Gasteiger partial charge in [0.1, 0.15) is 0 Å². The molecule has 0 aromatic heterocycles. The summed E-state index contributed by atoms with van der Waals surface area (Å²) in [7, 11) is 0. The number of benzene rings is 2. The molecule has 0 aliphatic heterocycles. The van der Waals surface area contributed by atoms with E-state index < -0.39 is 0 Å². The van der Waals surface area contributed by atoms with Gasteiger partial charge in [0, 0.05) is 0 Å². The number of nitrogens with zero attached hydrogens (tertiary/aromatic N) is 2. The number of hydrogen-bond donors (Lipinski definition) is 0. The van der Waals surface area contributed by atoms with E-state index in [0.29, 0.717) is 5.71 Å². The molecule has 0 spiro atoms. The van der Waals surface area contributed by atoms with E-state index in [9.17, 15) is 4.79 Å². The third-order valence-electron chi connectivity index (χ3n) is 2.43. The van der Waals surface area contributed by atoms with Gasteiger partial charge in [0.2, 0.25) is 0 Å². The number of carbonyl (C=O) groups is 1. The van der Waals surface area contributed by atoms with Gasteiger partial charge in [-0.3, -0.25) is 4.79 Å². The molecular formula is C15H14N2O. The van der Waals surface area contributed by atoms with Gasteiger partial charge in [-0.15, -0.1) is 0 Å². The number of anilines is 2. The van der Waals surface area contributed by atoms with Crippen molar-refractivity contribution in [2.24, 2.45) is 5.10 Å². The zero-order valence-corrected chi connectivity index (χ0v) is 10.2. The molecule has 0 aliphatic rings. The topological polar surface area (TPSA) is 32.7 Å². The lowest BCUT2D eigenvalue weighted by atomic mass is 10.2. The molecule has 0 unspecified atom stereocenters. The van der Waals surface area contributed by atoms with Crippen molar-refractivity contribution in [1.82, 2.24) is 0 Å². The molecule has 2 aromatic carbocycles. The molecule has 0 heterocycles. The average molecular weight is 238 g/mol. The van der Waals surface area contributed by atoms with Gasteiger partial charge in [-0.2, -0.15) is 5.10 Å². The van der Waals surface area contributed by atoms with Crippen molar-refractivity contribution in [3.8, 4) is 0 Å². The van der Waals surface area contributed by atoms with E-state index in [-0.39, 0.29) is 0 Å². The Bertz CT molecular complexity index is 495. The van der Waals surface area contributed by atoms with E-state index >= 15 is 0 Å². The monoisotopic (exact) mass is 238 g/mol. The van der Waals surface area contributed by atoms with E-state index in [0.717, 1.165) is 17.7 Å². The molecule has 0 atom stereocenters. The SMILES string of the molecule is CC(C=O)=NN(c1ccccc1)c1ccccc1. The lowest BCUT2D eigenvalue weighted by Gasteiger charge is -2.19. The first-order valence-electron chi connectivity index (χ1n) is 5.72. The van der Waals surface area contributed by atoms with Crippen LogP contribution >= 0.6 is 0 Å². The summed E-state index contributed by atoms with van der Waals surface area (Å²) < 4.78 is 0. The highest BCUT2D eigenvalue weighted by molar-refractivity contribution is 6.27. The second-order valence-electron chi connectivity index (χ2n) is 3.84. The number of hydrogen-bond acceptors (Lipinski definition) is 3. The molecule has 0 bridgehead atoms. The van der Waals surface area contributed by atoms with E-state index in [1.165, 1.54) is 0 Å². The summed E-state index contributed by atoms with van der Waals surface area (Å²) in [6.07, 6.45) is 0.749. The Balaban J connectivity index is 2.45. The first-order chi connectivity index (χ1) is 8.81. The number of rotatable bonds is 4. The van der Waals surface area contributed by atoms with Gasteiger partial charge < -0.3 is 0 Å². The maximum Gasteiger partial charge on any atom is 0.165 e. The van der Waals surface area contributed by atoms with Crippen LogP contribution in [0.3, 0.4) is 0 Å². The van der Waals surface area contributed by atoms with Crippen LogP contribution in [0, 0.1) is 0 Å². The summed E-state index contributed by atoms with van der Waals surface area (Å²) in [5.41, 5.74) is 2.28. The van der Waals surface area contributed by atoms with Gasteiger partial charge in [-0.1, -0.05) is 36.4 Å². The standard InChI is InChI=1S/C15H14N2O/c1-13(12-18)16-17(14-8-4-2-5-9-14)15-10-6-3-7-11-15/h2-12H,1H3. The summed E-state index contributed by atoms with van der Waals surface area (Å²) in [4.78, 5) is 10.7. The summed E-state index contributed by atoms with van der Waals surface area (Å²) in [5, 5.41) is 6.07. The molecule has 0 N–H and O–H groups in total. The Hall–Kier alpha value is -2.42.